The third-order valence-electron chi connectivity index (χ3n) is 2.99. The summed E-state index contributed by atoms with van der Waals surface area (Å²) in [4.78, 5) is 9.82. The normalized spacial score (nSPS) is 12.3. The minimum Gasteiger partial charge on any atom is -0.459 e. The molecule has 2 aromatic rings. The van der Waals surface area contributed by atoms with Gasteiger partial charge in [0, 0.05) is 11.6 Å². The van der Waals surface area contributed by atoms with Crippen molar-refractivity contribution in [3.63, 3.8) is 0 Å². The Hall–Kier alpha value is -2.21. The minimum atomic E-state index is -0.870. The van der Waals surface area contributed by atoms with Crippen LogP contribution in [-0.2, 0) is 0 Å². The van der Waals surface area contributed by atoms with Gasteiger partial charge in [0.1, 0.15) is 11.5 Å². The molecule has 106 valence electrons. The summed E-state index contributed by atoms with van der Waals surface area (Å²) in [7, 11) is 0. The second-order valence-corrected chi connectivity index (χ2v) is 4.40. The van der Waals surface area contributed by atoms with Crippen molar-refractivity contribution >= 4 is 5.69 Å². The quantitative estimate of drug-likeness (QED) is 0.669. The molecule has 2 rings (SSSR count). The lowest BCUT2D eigenvalue weighted by Gasteiger charge is -2.08. The molecule has 0 saturated heterocycles. The summed E-state index contributed by atoms with van der Waals surface area (Å²) in [5.74, 6) is 0.351. The van der Waals surface area contributed by atoms with Gasteiger partial charge in [0.15, 0.2) is 0 Å². The molecule has 6 heteroatoms. The fourth-order valence-corrected chi connectivity index (χ4v) is 1.96. The maximum Gasteiger partial charge on any atom is 0.304 e. The van der Waals surface area contributed by atoms with Crippen LogP contribution in [0.5, 0.6) is 0 Å². The lowest BCUT2D eigenvalue weighted by molar-refractivity contribution is -0.387. The van der Waals surface area contributed by atoms with E-state index in [1.807, 2.05) is 19.9 Å². The molecular formula is C14H15FN2O3. The molecule has 1 atom stereocenters. The largest absolute Gasteiger partial charge is 0.459 e. The number of benzene rings is 1. The zero-order valence-electron chi connectivity index (χ0n) is 11.2. The van der Waals surface area contributed by atoms with Crippen LogP contribution >= 0.6 is 0 Å². The Bertz CT molecular complexity index is 625. The van der Waals surface area contributed by atoms with Crippen molar-refractivity contribution in [3.8, 4) is 11.3 Å². The molecule has 20 heavy (non-hydrogen) atoms. The van der Waals surface area contributed by atoms with Gasteiger partial charge in [0.25, 0.3) is 0 Å². The zero-order chi connectivity index (χ0) is 14.7. The highest BCUT2D eigenvalue weighted by Gasteiger charge is 2.16. The standard InChI is InChI=1S/C14H15FN2O3/c1-3-16-9(2)13-6-7-14(20-13)10-4-5-12(17(18)19)11(15)8-10/h4-9,16H,3H2,1-2H3. The molecule has 1 heterocycles. The van der Waals surface area contributed by atoms with Crippen molar-refractivity contribution in [1.29, 1.82) is 0 Å². The van der Waals surface area contributed by atoms with Crippen LogP contribution in [0.15, 0.2) is 34.7 Å². The number of hydrogen-bond donors (Lipinski definition) is 1. The van der Waals surface area contributed by atoms with Crippen LogP contribution in [0.25, 0.3) is 11.3 Å². The molecule has 5 nitrogen and oxygen atoms in total. The summed E-state index contributed by atoms with van der Waals surface area (Å²) in [6, 6.07) is 7.31. The number of rotatable bonds is 5. The Kier molecular flexibility index (Phi) is 4.14. The highest BCUT2D eigenvalue weighted by molar-refractivity contribution is 5.60. The van der Waals surface area contributed by atoms with E-state index in [9.17, 15) is 14.5 Å². The minimum absolute atomic E-state index is 0.0524. The van der Waals surface area contributed by atoms with Crippen molar-refractivity contribution in [3.05, 3.63) is 52.0 Å². The predicted octanol–water partition coefficient (Wildman–Crippen LogP) is 3.66. The first kappa shape index (κ1) is 14.2. The molecule has 0 aliphatic heterocycles. The van der Waals surface area contributed by atoms with Crippen LogP contribution in [0.3, 0.4) is 0 Å². The number of nitrogens with zero attached hydrogens (tertiary/aromatic N) is 1. The topological polar surface area (TPSA) is 68.3 Å². The van der Waals surface area contributed by atoms with Crippen LogP contribution in [0.4, 0.5) is 10.1 Å². The summed E-state index contributed by atoms with van der Waals surface area (Å²) >= 11 is 0. The van der Waals surface area contributed by atoms with E-state index in [-0.39, 0.29) is 6.04 Å². The molecule has 0 radical (unpaired) electrons. The van der Waals surface area contributed by atoms with E-state index in [2.05, 4.69) is 5.32 Å². The predicted molar refractivity (Wildman–Crippen MR) is 72.8 cm³/mol. The Morgan fingerprint density at radius 2 is 2.15 bits per heavy atom. The lowest BCUT2D eigenvalue weighted by Crippen LogP contribution is -2.16. The van der Waals surface area contributed by atoms with E-state index in [1.165, 1.54) is 6.07 Å². The van der Waals surface area contributed by atoms with Gasteiger partial charge < -0.3 is 9.73 Å². The van der Waals surface area contributed by atoms with Gasteiger partial charge in [-0.25, -0.2) is 0 Å². The van der Waals surface area contributed by atoms with Crippen LogP contribution in [0, 0.1) is 15.9 Å². The SMILES string of the molecule is CCNC(C)c1ccc(-c2ccc([N+](=O)[O-])c(F)c2)o1. The van der Waals surface area contributed by atoms with Crippen LogP contribution in [-0.4, -0.2) is 11.5 Å². The Labute approximate surface area is 115 Å². The molecule has 0 fully saturated rings. The summed E-state index contributed by atoms with van der Waals surface area (Å²) in [5, 5.41) is 13.8. The third kappa shape index (κ3) is 2.85. The smallest absolute Gasteiger partial charge is 0.304 e. The van der Waals surface area contributed by atoms with Crippen molar-refractivity contribution in [2.75, 3.05) is 6.54 Å². The van der Waals surface area contributed by atoms with Gasteiger partial charge in [-0.3, -0.25) is 10.1 Å². The van der Waals surface area contributed by atoms with E-state index in [0.717, 1.165) is 24.4 Å². The highest BCUT2D eigenvalue weighted by Crippen LogP contribution is 2.28. The van der Waals surface area contributed by atoms with Gasteiger partial charge in [-0.1, -0.05) is 6.92 Å². The van der Waals surface area contributed by atoms with E-state index in [0.29, 0.717) is 11.3 Å². The Morgan fingerprint density at radius 1 is 1.40 bits per heavy atom. The first-order valence-corrected chi connectivity index (χ1v) is 6.30. The molecule has 1 N–H and O–H groups in total. The maximum absolute atomic E-state index is 13.6. The average molecular weight is 278 g/mol. The highest BCUT2D eigenvalue weighted by atomic mass is 19.1. The van der Waals surface area contributed by atoms with Crippen molar-refractivity contribution in [2.45, 2.75) is 19.9 Å². The van der Waals surface area contributed by atoms with E-state index in [4.69, 9.17) is 4.42 Å². The summed E-state index contributed by atoms with van der Waals surface area (Å²) in [6.07, 6.45) is 0. The molecule has 0 spiro atoms. The van der Waals surface area contributed by atoms with Crippen molar-refractivity contribution < 1.29 is 13.7 Å². The molecule has 0 amide bonds. The van der Waals surface area contributed by atoms with Gasteiger partial charge in [-0.05, 0) is 37.7 Å². The van der Waals surface area contributed by atoms with Crippen LogP contribution in [0.1, 0.15) is 25.6 Å². The Morgan fingerprint density at radius 3 is 2.75 bits per heavy atom. The van der Waals surface area contributed by atoms with Gasteiger partial charge in [0.2, 0.25) is 5.82 Å². The van der Waals surface area contributed by atoms with Gasteiger partial charge in [0.05, 0.1) is 11.0 Å². The van der Waals surface area contributed by atoms with Crippen molar-refractivity contribution in [2.24, 2.45) is 0 Å². The number of nitro benzene ring substituents is 1. The first-order chi connectivity index (χ1) is 9.52. The molecule has 0 aliphatic carbocycles. The number of nitrogens with one attached hydrogen (secondary N) is 1. The van der Waals surface area contributed by atoms with E-state index < -0.39 is 16.4 Å². The number of hydrogen-bond acceptors (Lipinski definition) is 4. The van der Waals surface area contributed by atoms with Gasteiger partial charge in [-0.2, -0.15) is 4.39 Å². The maximum atomic E-state index is 13.6. The van der Waals surface area contributed by atoms with Crippen LogP contribution < -0.4 is 5.32 Å². The van der Waals surface area contributed by atoms with E-state index in [1.54, 1.807) is 6.07 Å². The number of furan rings is 1. The molecular weight excluding hydrogens is 263 g/mol. The van der Waals surface area contributed by atoms with Crippen molar-refractivity contribution in [1.82, 2.24) is 5.32 Å². The summed E-state index contributed by atoms with van der Waals surface area (Å²) < 4.78 is 19.2. The molecule has 0 aliphatic rings. The fourth-order valence-electron chi connectivity index (χ4n) is 1.96. The lowest BCUT2D eigenvalue weighted by atomic mass is 10.1. The molecule has 0 bridgehead atoms. The first-order valence-electron chi connectivity index (χ1n) is 6.30. The van der Waals surface area contributed by atoms with Gasteiger partial charge in [-0.15, -0.1) is 0 Å². The second-order valence-electron chi connectivity index (χ2n) is 4.40. The molecule has 1 aromatic carbocycles. The van der Waals surface area contributed by atoms with Crippen LogP contribution in [0.2, 0.25) is 0 Å². The fraction of sp³-hybridized carbons (Fsp3) is 0.286. The molecule has 1 unspecified atom stereocenters. The van der Waals surface area contributed by atoms with E-state index >= 15 is 0 Å². The summed E-state index contributed by atoms with van der Waals surface area (Å²) in [6.45, 7) is 4.76. The molecule has 1 aromatic heterocycles. The summed E-state index contributed by atoms with van der Waals surface area (Å²) in [5.41, 5.74) is -0.0652. The number of halogens is 1. The number of nitro groups is 1. The average Bonchev–Trinajstić information content (AvgIpc) is 2.88. The van der Waals surface area contributed by atoms with Gasteiger partial charge >= 0.3 is 5.69 Å². The molecule has 0 saturated carbocycles. The third-order valence-corrected chi connectivity index (χ3v) is 2.99. The monoisotopic (exact) mass is 278 g/mol. The second kappa shape index (κ2) is 5.83. The Balaban J connectivity index is 2.28. The zero-order valence-corrected chi connectivity index (χ0v) is 11.2.